The third-order valence-electron chi connectivity index (χ3n) is 4.86. The highest BCUT2D eigenvalue weighted by Crippen LogP contribution is 2.35. The second kappa shape index (κ2) is 6.35. The predicted molar refractivity (Wildman–Crippen MR) is 88.6 cm³/mol. The molecule has 1 saturated heterocycles. The summed E-state index contributed by atoms with van der Waals surface area (Å²) in [5, 5.41) is 14.2. The Morgan fingerprint density at radius 2 is 2.29 bits per heavy atom. The lowest BCUT2D eigenvalue weighted by Gasteiger charge is -2.39. The summed E-state index contributed by atoms with van der Waals surface area (Å²) in [5.74, 6) is -0.175. The topological polar surface area (TPSA) is 104 Å². The van der Waals surface area contributed by atoms with Gasteiger partial charge >= 0.3 is 5.97 Å². The first-order valence-corrected chi connectivity index (χ1v) is 8.32. The molecule has 0 saturated carbocycles. The average Bonchev–Trinajstić information content (AvgIpc) is 2.90. The molecule has 1 atom stereocenters. The molecule has 24 heavy (non-hydrogen) atoms. The van der Waals surface area contributed by atoms with Crippen LogP contribution in [0.4, 0.5) is 0 Å². The maximum atomic E-state index is 12.1. The maximum Gasteiger partial charge on any atom is 0.310 e. The van der Waals surface area contributed by atoms with Crippen LogP contribution in [-0.2, 0) is 18.4 Å². The number of nitrogens with zero attached hydrogens (tertiary/aromatic N) is 4. The summed E-state index contributed by atoms with van der Waals surface area (Å²) < 4.78 is 1.57. The van der Waals surface area contributed by atoms with Gasteiger partial charge in [0.05, 0.1) is 18.2 Å². The lowest BCUT2D eigenvalue weighted by atomic mass is 9.76. The van der Waals surface area contributed by atoms with Crippen LogP contribution in [0.25, 0.3) is 11.0 Å². The van der Waals surface area contributed by atoms with Gasteiger partial charge in [0.1, 0.15) is 11.2 Å². The standard InChI is InChI=1S/C16H23N5O3/c1-3-5-16(15(23)24)6-4-7-21(10-16)9-12-18-13-11(14(22)19-12)8-17-20(13)2/h8H,3-7,9-10H2,1-2H3,(H,23,24)(H,18,19,22)/t16-/m0/s1. The minimum absolute atomic E-state index is 0.210. The molecular formula is C16H23N5O3. The lowest BCUT2D eigenvalue weighted by Crippen LogP contribution is -2.47. The molecule has 0 amide bonds. The van der Waals surface area contributed by atoms with Gasteiger partial charge in [-0.3, -0.25) is 19.2 Å². The molecule has 0 aromatic carbocycles. The van der Waals surface area contributed by atoms with Gasteiger partial charge in [-0.15, -0.1) is 0 Å². The number of likely N-dealkylation sites (tertiary alicyclic amines) is 1. The van der Waals surface area contributed by atoms with Gasteiger partial charge in [-0.05, 0) is 25.8 Å². The van der Waals surface area contributed by atoms with Crippen molar-refractivity contribution < 1.29 is 9.90 Å². The van der Waals surface area contributed by atoms with Crippen LogP contribution in [-0.4, -0.2) is 48.8 Å². The molecule has 8 nitrogen and oxygen atoms in total. The number of fused-ring (bicyclic) bond motifs is 1. The molecule has 1 fully saturated rings. The molecular weight excluding hydrogens is 310 g/mol. The number of aromatic amines is 1. The summed E-state index contributed by atoms with van der Waals surface area (Å²) in [6.07, 6.45) is 4.56. The fourth-order valence-electron chi connectivity index (χ4n) is 3.69. The molecule has 3 heterocycles. The van der Waals surface area contributed by atoms with Crippen molar-refractivity contribution >= 4 is 17.0 Å². The van der Waals surface area contributed by atoms with Crippen molar-refractivity contribution in [2.75, 3.05) is 13.1 Å². The normalized spacial score (nSPS) is 22.1. The van der Waals surface area contributed by atoms with Crippen LogP contribution in [0.15, 0.2) is 11.0 Å². The van der Waals surface area contributed by atoms with Crippen molar-refractivity contribution in [2.45, 2.75) is 39.2 Å². The summed E-state index contributed by atoms with van der Waals surface area (Å²) in [5.41, 5.74) is -0.355. The number of aromatic nitrogens is 4. The van der Waals surface area contributed by atoms with Gasteiger partial charge in [0.25, 0.3) is 5.56 Å². The molecule has 0 aliphatic carbocycles. The molecule has 0 unspecified atom stereocenters. The Morgan fingerprint density at radius 1 is 1.50 bits per heavy atom. The molecule has 130 valence electrons. The Kier molecular flexibility index (Phi) is 4.40. The monoisotopic (exact) mass is 333 g/mol. The Balaban J connectivity index is 1.84. The van der Waals surface area contributed by atoms with Crippen LogP contribution in [0.1, 0.15) is 38.4 Å². The third kappa shape index (κ3) is 2.93. The number of aryl methyl sites for hydroxylation is 1. The summed E-state index contributed by atoms with van der Waals surface area (Å²) in [7, 11) is 1.75. The summed E-state index contributed by atoms with van der Waals surface area (Å²) in [6, 6.07) is 0. The number of carboxylic acids is 1. The van der Waals surface area contributed by atoms with Crippen molar-refractivity contribution in [2.24, 2.45) is 12.5 Å². The van der Waals surface area contributed by atoms with Crippen molar-refractivity contribution in [3.8, 4) is 0 Å². The molecule has 8 heteroatoms. The first-order valence-electron chi connectivity index (χ1n) is 8.32. The van der Waals surface area contributed by atoms with Crippen molar-refractivity contribution in [3.05, 3.63) is 22.4 Å². The van der Waals surface area contributed by atoms with E-state index in [0.29, 0.717) is 42.8 Å². The van der Waals surface area contributed by atoms with E-state index in [-0.39, 0.29) is 5.56 Å². The molecule has 2 aromatic rings. The lowest BCUT2D eigenvalue weighted by molar-refractivity contribution is -0.153. The average molecular weight is 333 g/mol. The Bertz CT molecular complexity index is 808. The van der Waals surface area contributed by atoms with Gasteiger partial charge in [-0.25, -0.2) is 4.98 Å². The first-order chi connectivity index (χ1) is 11.4. The number of carboxylic acid groups (broad SMARTS) is 1. The van der Waals surface area contributed by atoms with Gasteiger partial charge in [0, 0.05) is 13.6 Å². The quantitative estimate of drug-likeness (QED) is 0.850. The van der Waals surface area contributed by atoms with Crippen LogP contribution >= 0.6 is 0 Å². The smallest absolute Gasteiger partial charge is 0.310 e. The number of aliphatic carboxylic acids is 1. The molecule has 0 spiro atoms. The number of H-pyrrole nitrogens is 1. The number of piperidine rings is 1. The summed E-state index contributed by atoms with van der Waals surface area (Å²) >= 11 is 0. The molecule has 0 bridgehead atoms. The summed E-state index contributed by atoms with van der Waals surface area (Å²) in [4.78, 5) is 33.3. The second-order valence-electron chi connectivity index (χ2n) is 6.67. The SMILES string of the molecule is CCC[C@]1(C(=O)O)CCCN(Cc2nc3c(cnn3C)c(=O)[nH]2)C1. The number of rotatable bonds is 5. The third-order valence-corrected chi connectivity index (χ3v) is 4.86. The van der Waals surface area contributed by atoms with Gasteiger partial charge in [0.15, 0.2) is 5.65 Å². The van der Waals surface area contributed by atoms with Crippen LogP contribution in [0.2, 0.25) is 0 Å². The van der Waals surface area contributed by atoms with Crippen molar-refractivity contribution in [1.29, 1.82) is 0 Å². The van der Waals surface area contributed by atoms with E-state index in [4.69, 9.17) is 0 Å². The predicted octanol–water partition coefficient (Wildman–Crippen LogP) is 1.12. The second-order valence-corrected chi connectivity index (χ2v) is 6.67. The van der Waals surface area contributed by atoms with Crippen LogP contribution < -0.4 is 5.56 Å². The molecule has 1 aliphatic heterocycles. The summed E-state index contributed by atoms with van der Waals surface area (Å²) in [6.45, 7) is 3.75. The fraction of sp³-hybridized carbons (Fsp3) is 0.625. The van der Waals surface area contributed by atoms with Gasteiger partial charge < -0.3 is 10.1 Å². The van der Waals surface area contributed by atoms with E-state index < -0.39 is 11.4 Å². The van der Waals surface area contributed by atoms with Crippen LogP contribution in [0.3, 0.4) is 0 Å². The Hall–Kier alpha value is -2.22. The minimum atomic E-state index is -0.724. The van der Waals surface area contributed by atoms with E-state index in [2.05, 4.69) is 20.0 Å². The minimum Gasteiger partial charge on any atom is -0.481 e. The van der Waals surface area contributed by atoms with E-state index in [1.807, 2.05) is 6.92 Å². The van der Waals surface area contributed by atoms with Crippen molar-refractivity contribution in [3.63, 3.8) is 0 Å². The number of hydrogen-bond acceptors (Lipinski definition) is 5. The molecule has 0 radical (unpaired) electrons. The number of carbonyl (C=O) groups is 1. The number of hydrogen-bond donors (Lipinski definition) is 2. The molecule has 2 N–H and O–H groups in total. The van der Waals surface area contributed by atoms with E-state index >= 15 is 0 Å². The zero-order valence-corrected chi connectivity index (χ0v) is 14.1. The van der Waals surface area contributed by atoms with E-state index in [1.54, 1.807) is 11.7 Å². The number of nitrogens with one attached hydrogen (secondary N) is 1. The molecule has 3 rings (SSSR count). The largest absolute Gasteiger partial charge is 0.481 e. The van der Waals surface area contributed by atoms with Crippen LogP contribution in [0, 0.1) is 5.41 Å². The Labute approximate surface area is 139 Å². The highest BCUT2D eigenvalue weighted by atomic mass is 16.4. The van der Waals surface area contributed by atoms with Gasteiger partial charge in [0.2, 0.25) is 0 Å². The van der Waals surface area contributed by atoms with Crippen molar-refractivity contribution in [1.82, 2.24) is 24.6 Å². The molecule has 1 aliphatic rings. The highest BCUT2D eigenvalue weighted by Gasteiger charge is 2.41. The zero-order valence-electron chi connectivity index (χ0n) is 14.1. The highest BCUT2D eigenvalue weighted by molar-refractivity contribution is 5.75. The van der Waals surface area contributed by atoms with Crippen LogP contribution in [0.5, 0.6) is 0 Å². The Morgan fingerprint density at radius 3 is 3.00 bits per heavy atom. The first kappa shape index (κ1) is 16.6. The fourth-order valence-corrected chi connectivity index (χ4v) is 3.69. The zero-order chi connectivity index (χ0) is 17.3. The maximum absolute atomic E-state index is 12.1. The van der Waals surface area contributed by atoms with E-state index in [0.717, 1.165) is 19.4 Å². The van der Waals surface area contributed by atoms with Gasteiger partial charge in [-0.1, -0.05) is 13.3 Å². The molecule has 2 aromatic heterocycles. The van der Waals surface area contributed by atoms with Gasteiger partial charge in [-0.2, -0.15) is 5.10 Å². The van der Waals surface area contributed by atoms with E-state index in [1.165, 1.54) is 6.20 Å². The van der Waals surface area contributed by atoms with E-state index in [9.17, 15) is 14.7 Å².